The van der Waals surface area contributed by atoms with Gasteiger partial charge in [-0.3, -0.25) is 4.79 Å². The summed E-state index contributed by atoms with van der Waals surface area (Å²) in [5, 5.41) is 5.26. The highest BCUT2D eigenvalue weighted by molar-refractivity contribution is 7.90. The fraction of sp³-hybridized carbons (Fsp3) is 0.857. The molecule has 0 saturated heterocycles. The van der Waals surface area contributed by atoms with Crippen molar-refractivity contribution < 1.29 is 13.2 Å². The van der Waals surface area contributed by atoms with Crippen molar-refractivity contribution in [3.63, 3.8) is 0 Å². The van der Waals surface area contributed by atoms with Gasteiger partial charge in [0.25, 0.3) is 0 Å². The largest absolute Gasteiger partial charge is 0.358 e. The summed E-state index contributed by atoms with van der Waals surface area (Å²) in [5.41, 5.74) is 0. The molecule has 0 spiro atoms. The van der Waals surface area contributed by atoms with Gasteiger partial charge < -0.3 is 10.6 Å². The van der Waals surface area contributed by atoms with Crippen LogP contribution in [0.4, 0.5) is 0 Å². The molecule has 1 amide bonds. The lowest BCUT2D eigenvalue weighted by Crippen LogP contribution is -2.42. The smallest absolute Gasteiger partial charge is 0.236 e. The zero-order valence-electron chi connectivity index (χ0n) is 8.12. The van der Waals surface area contributed by atoms with Crippen LogP contribution in [0, 0.1) is 0 Å². The normalized spacial score (nSPS) is 13.8. The van der Waals surface area contributed by atoms with Crippen LogP contribution >= 0.6 is 0 Å². The summed E-state index contributed by atoms with van der Waals surface area (Å²) in [6.45, 7) is 1.98. The molecule has 0 heterocycles. The van der Waals surface area contributed by atoms with Crippen LogP contribution in [0.2, 0.25) is 0 Å². The molecule has 2 N–H and O–H groups in total. The molecule has 0 aliphatic heterocycles. The van der Waals surface area contributed by atoms with Crippen LogP contribution in [-0.2, 0) is 14.6 Å². The molecule has 5 nitrogen and oxygen atoms in total. The second-order valence-electron chi connectivity index (χ2n) is 2.92. The zero-order valence-corrected chi connectivity index (χ0v) is 8.94. The lowest BCUT2D eigenvalue weighted by atomic mass is 10.3. The highest BCUT2D eigenvalue weighted by atomic mass is 32.2. The van der Waals surface area contributed by atoms with Crippen molar-refractivity contribution in [2.75, 3.05) is 25.6 Å². The highest BCUT2D eigenvalue weighted by Gasteiger charge is 2.10. The van der Waals surface area contributed by atoms with Crippen LogP contribution in [0.3, 0.4) is 0 Å². The van der Waals surface area contributed by atoms with E-state index in [9.17, 15) is 13.2 Å². The highest BCUT2D eigenvalue weighted by Crippen LogP contribution is 1.83. The average molecular weight is 208 g/mol. The van der Waals surface area contributed by atoms with E-state index in [1.54, 1.807) is 6.92 Å². The number of amides is 1. The summed E-state index contributed by atoms with van der Waals surface area (Å²) in [6.07, 6.45) is 1.17. The lowest BCUT2D eigenvalue weighted by molar-refractivity contribution is -0.122. The minimum atomic E-state index is -2.95. The Labute approximate surface area is 78.8 Å². The van der Waals surface area contributed by atoms with E-state index in [-0.39, 0.29) is 17.7 Å². The first-order chi connectivity index (χ1) is 5.87. The van der Waals surface area contributed by atoms with Crippen LogP contribution in [0.5, 0.6) is 0 Å². The second-order valence-corrected chi connectivity index (χ2v) is 5.18. The van der Waals surface area contributed by atoms with Crippen molar-refractivity contribution >= 4 is 15.7 Å². The summed E-state index contributed by atoms with van der Waals surface area (Å²) in [4.78, 5) is 10.9. The third-order valence-corrected chi connectivity index (χ3v) is 2.51. The maximum absolute atomic E-state index is 10.9. The fourth-order valence-electron chi connectivity index (χ4n) is 0.770. The fourth-order valence-corrected chi connectivity index (χ4v) is 1.26. The second kappa shape index (κ2) is 5.18. The van der Waals surface area contributed by atoms with Crippen LogP contribution < -0.4 is 10.6 Å². The van der Waals surface area contributed by atoms with Gasteiger partial charge in [-0.1, -0.05) is 0 Å². The maximum Gasteiger partial charge on any atom is 0.236 e. The first-order valence-electron chi connectivity index (χ1n) is 3.99. The molecule has 78 valence electrons. The van der Waals surface area contributed by atoms with E-state index < -0.39 is 9.84 Å². The predicted octanol–water partition coefficient (Wildman–Crippen LogP) is -1.24. The van der Waals surface area contributed by atoms with Gasteiger partial charge in [0.2, 0.25) is 5.91 Å². The number of rotatable bonds is 5. The van der Waals surface area contributed by atoms with Crippen LogP contribution in [0.25, 0.3) is 0 Å². The van der Waals surface area contributed by atoms with Crippen LogP contribution in [0.1, 0.15) is 6.92 Å². The average Bonchev–Trinajstić information content (AvgIpc) is 2.00. The van der Waals surface area contributed by atoms with Gasteiger partial charge in [-0.05, 0) is 6.92 Å². The molecule has 6 heteroatoms. The van der Waals surface area contributed by atoms with Crippen LogP contribution in [-0.4, -0.2) is 46.0 Å². The minimum Gasteiger partial charge on any atom is -0.358 e. The lowest BCUT2D eigenvalue weighted by Gasteiger charge is -2.10. The summed E-state index contributed by atoms with van der Waals surface area (Å²) in [7, 11) is -1.41. The number of nitrogens with one attached hydrogen (secondary N) is 2. The predicted molar refractivity (Wildman–Crippen MR) is 51.2 cm³/mol. The van der Waals surface area contributed by atoms with Gasteiger partial charge in [0.1, 0.15) is 9.84 Å². The Morgan fingerprint density at radius 2 is 2.00 bits per heavy atom. The van der Waals surface area contributed by atoms with Crippen LogP contribution in [0.15, 0.2) is 0 Å². The molecule has 1 unspecified atom stereocenters. The van der Waals surface area contributed by atoms with Gasteiger partial charge in [-0.25, -0.2) is 8.42 Å². The van der Waals surface area contributed by atoms with Crippen molar-refractivity contribution in [1.82, 2.24) is 10.6 Å². The molecule has 0 aromatic rings. The summed E-state index contributed by atoms with van der Waals surface area (Å²) in [6, 6.07) is -0.355. The zero-order chi connectivity index (χ0) is 10.5. The standard InChI is InChI=1S/C7H16N2O3S/c1-6(7(10)8-2)9-4-5-13(3,11)12/h6,9H,4-5H2,1-3H3,(H,8,10). The molecule has 13 heavy (non-hydrogen) atoms. The van der Waals surface area contributed by atoms with Gasteiger partial charge in [0.05, 0.1) is 11.8 Å². The molecule has 0 aromatic carbocycles. The van der Waals surface area contributed by atoms with Crippen molar-refractivity contribution in [1.29, 1.82) is 0 Å². The Balaban J connectivity index is 3.72. The number of hydrogen-bond acceptors (Lipinski definition) is 4. The number of likely N-dealkylation sites (N-methyl/N-ethyl adjacent to an activating group) is 1. The van der Waals surface area contributed by atoms with E-state index >= 15 is 0 Å². The molecule has 1 atom stereocenters. The first-order valence-corrected chi connectivity index (χ1v) is 6.05. The molecule has 0 aliphatic rings. The van der Waals surface area contributed by atoms with Crippen molar-refractivity contribution in [3.8, 4) is 0 Å². The van der Waals surface area contributed by atoms with Crippen molar-refractivity contribution in [2.24, 2.45) is 0 Å². The van der Waals surface area contributed by atoms with Gasteiger partial charge in [-0.15, -0.1) is 0 Å². The third-order valence-electron chi connectivity index (χ3n) is 1.56. The van der Waals surface area contributed by atoms with E-state index in [0.717, 1.165) is 0 Å². The Bertz CT molecular complexity index is 261. The third kappa shape index (κ3) is 6.53. The van der Waals surface area contributed by atoms with E-state index in [4.69, 9.17) is 0 Å². The SMILES string of the molecule is CNC(=O)C(C)NCCS(C)(=O)=O. The Morgan fingerprint density at radius 3 is 2.38 bits per heavy atom. The maximum atomic E-state index is 10.9. The molecule has 0 rings (SSSR count). The van der Waals surface area contributed by atoms with Gasteiger partial charge in [0, 0.05) is 19.8 Å². The monoisotopic (exact) mass is 208 g/mol. The van der Waals surface area contributed by atoms with Gasteiger partial charge in [-0.2, -0.15) is 0 Å². The number of hydrogen-bond donors (Lipinski definition) is 2. The first kappa shape index (κ1) is 12.4. The van der Waals surface area contributed by atoms with E-state index in [1.807, 2.05) is 0 Å². The van der Waals surface area contributed by atoms with E-state index in [2.05, 4.69) is 10.6 Å². The number of carbonyl (C=O) groups excluding carboxylic acids is 1. The minimum absolute atomic E-state index is 0.0499. The molecule has 0 radical (unpaired) electrons. The topological polar surface area (TPSA) is 75.3 Å². The molecule has 0 fully saturated rings. The Hall–Kier alpha value is -0.620. The van der Waals surface area contributed by atoms with Gasteiger partial charge in [0.15, 0.2) is 0 Å². The quantitative estimate of drug-likeness (QED) is 0.592. The molecule has 0 aliphatic carbocycles. The summed E-state index contributed by atoms with van der Waals surface area (Å²) >= 11 is 0. The molecule has 0 bridgehead atoms. The molecule has 0 aromatic heterocycles. The summed E-state index contributed by atoms with van der Waals surface area (Å²) in [5.74, 6) is -0.0950. The van der Waals surface area contributed by atoms with Crippen molar-refractivity contribution in [3.05, 3.63) is 0 Å². The molecular formula is C7H16N2O3S. The van der Waals surface area contributed by atoms with E-state index in [1.165, 1.54) is 13.3 Å². The van der Waals surface area contributed by atoms with E-state index in [0.29, 0.717) is 6.54 Å². The molecule has 0 saturated carbocycles. The Morgan fingerprint density at radius 1 is 1.46 bits per heavy atom. The van der Waals surface area contributed by atoms with Crippen molar-refractivity contribution in [2.45, 2.75) is 13.0 Å². The number of carbonyl (C=O) groups is 1. The Kier molecular flexibility index (Phi) is 4.94. The number of sulfone groups is 1. The summed E-state index contributed by atoms with van der Waals surface area (Å²) < 4.78 is 21.4. The van der Waals surface area contributed by atoms with Gasteiger partial charge >= 0.3 is 0 Å². The molecular weight excluding hydrogens is 192 g/mol.